The van der Waals surface area contributed by atoms with Crippen LogP contribution in [0.25, 0.3) is 0 Å². The molecule has 4 nitrogen and oxygen atoms in total. The summed E-state index contributed by atoms with van der Waals surface area (Å²) in [5.41, 5.74) is 2.51. The Hall–Kier alpha value is -0.390. The lowest BCUT2D eigenvalue weighted by Gasteiger charge is -2.26. The minimum Gasteiger partial charge on any atom is -0.315 e. The first-order chi connectivity index (χ1) is 9.17. The van der Waals surface area contributed by atoms with Crippen LogP contribution < -0.4 is 5.32 Å². The van der Waals surface area contributed by atoms with E-state index in [1.54, 1.807) is 0 Å². The zero-order valence-corrected chi connectivity index (χ0v) is 13.8. The number of hydrogen-bond donors (Lipinski definition) is 1. The molecule has 0 saturated carbocycles. The van der Waals surface area contributed by atoms with Crippen LogP contribution >= 0.6 is 15.9 Å². The second-order valence-corrected chi connectivity index (χ2v) is 6.03. The molecule has 1 saturated heterocycles. The van der Waals surface area contributed by atoms with E-state index in [-0.39, 0.29) is 0 Å². The summed E-state index contributed by atoms with van der Waals surface area (Å²) in [5.74, 6) is 0. The monoisotopic (exact) mass is 328 g/mol. The van der Waals surface area contributed by atoms with Crippen LogP contribution in [0.3, 0.4) is 0 Å². The van der Waals surface area contributed by atoms with E-state index >= 15 is 0 Å². The van der Waals surface area contributed by atoms with Crippen molar-refractivity contribution in [1.29, 1.82) is 0 Å². The Balaban J connectivity index is 2.19. The van der Waals surface area contributed by atoms with Gasteiger partial charge in [-0.25, -0.2) is 0 Å². The molecule has 0 aliphatic carbocycles. The average molecular weight is 329 g/mol. The molecular weight excluding hydrogens is 304 g/mol. The predicted molar refractivity (Wildman–Crippen MR) is 82.3 cm³/mol. The fourth-order valence-electron chi connectivity index (χ4n) is 2.66. The molecule has 1 atom stereocenters. The standard InChI is InChI=1S/C14H25BrN4/c1-4-12-14(15)13(19(5-2)17-12)10-18-9-8-16-7-6-11(18)3/h11,16H,4-10H2,1-3H3. The van der Waals surface area contributed by atoms with Crippen molar-refractivity contribution in [1.82, 2.24) is 20.0 Å². The number of aromatic nitrogens is 2. The summed E-state index contributed by atoms with van der Waals surface area (Å²) in [6.07, 6.45) is 2.20. The van der Waals surface area contributed by atoms with Crippen LogP contribution in [0, 0.1) is 0 Å². The Labute approximate surface area is 124 Å². The molecule has 0 bridgehead atoms. The van der Waals surface area contributed by atoms with Crippen LogP contribution in [0.4, 0.5) is 0 Å². The minimum atomic E-state index is 0.632. The molecule has 0 spiro atoms. The van der Waals surface area contributed by atoms with Crippen LogP contribution in [-0.2, 0) is 19.5 Å². The molecule has 0 amide bonds. The Bertz CT molecular complexity index is 416. The van der Waals surface area contributed by atoms with Crippen molar-refractivity contribution in [2.24, 2.45) is 0 Å². The smallest absolute Gasteiger partial charge is 0.0767 e. The Morgan fingerprint density at radius 2 is 2.16 bits per heavy atom. The highest BCUT2D eigenvalue weighted by molar-refractivity contribution is 9.10. The first-order valence-electron chi connectivity index (χ1n) is 7.36. The Morgan fingerprint density at radius 1 is 1.37 bits per heavy atom. The maximum atomic E-state index is 4.69. The maximum absolute atomic E-state index is 4.69. The molecule has 1 fully saturated rings. The van der Waals surface area contributed by atoms with Crippen molar-refractivity contribution in [3.8, 4) is 0 Å². The van der Waals surface area contributed by atoms with E-state index in [1.165, 1.54) is 22.3 Å². The van der Waals surface area contributed by atoms with Crippen LogP contribution in [0.1, 0.15) is 38.6 Å². The third kappa shape index (κ3) is 3.38. The van der Waals surface area contributed by atoms with Gasteiger partial charge in [0.05, 0.1) is 15.9 Å². The SMILES string of the molecule is CCc1nn(CC)c(CN2CCNCCC2C)c1Br. The van der Waals surface area contributed by atoms with Gasteiger partial charge >= 0.3 is 0 Å². The van der Waals surface area contributed by atoms with Crippen LogP contribution in [-0.4, -0.2) is 40.4 Å². The highest BCUT2D eigenvalue weighted by Crippen LogP contribution is 2.24. The van der Waals surface area contributed by atoms with Crippen molar-refractivity contribution >= 4 is 15.9 Å². The van der Waals surface area contributed by atoms with Gasteiger partial charge in [-0.15, -0.1) is 0 Å². The Morgan fingerprint density at radius 3 is 2.84 bits per heavy atom. The second kappa shape index (κ2) is 6.86. The summed E-state index contributed by atoms with van der Waals surface area (Å²) in [4.78, 5) is 2.56. The number of rotatable bonds is 4. The van der Waals surface area contributed by atoms with Crippen molar-refractivity contribution in [2.45, 2.75) is 52.7 Å². The van der Waals surface area contributed by atoms with Gasteiger partial charge in [0.2, 0.25) is 0 Å². The van der Waals surface area contributed by atoms with E-state index < -0.39 is 0 Å². The summed E-state index contributed by atoms with van der Waals surface area (Å²) < 4.78 is 3.36. The van der Waals surface area contributed by atoms with Crippen LogP contribution in [0.15, 0.2) is 4.47 Å². The molecule has 2 heterocycles. The number of aryl methyl sites for hydroxylation is 2. The topological polar surface area (TPSA) is 33.1 Å². The van der Waals surface area contributed by atoms with Crippen molar-refractivity contribution < 1.29 is 0 Å². The van der Waals surface area contributed by atoms with E-state index in [1.807, 2.05) is 0 Å². The normalized spacial score (nSPS) is 21.6. The number of hydrogen-bond acceptors (Lipinski definition) is 3. The largest absolute Gasteiger partial charge is 0.315 e. The minimum absolute atomic E-state index is 0.632. The lowest BCUT2D eigenvalue weighted by molar-refractivity contribution is 0.205. The van der Waals surface area contributed by atoms with Gasteiger partial charge < -0.3 is 5.32 Å². The van der Waals surface area contributed by atoms with Gasteiger partial charge in [0.15, 0.2) is 0 Å². The molecule has 1 aromatic rings. The van der Waals surface area contributed by atoms with E-state index in [2.05, 4.69) is 56.7 Å². The zero-order valence-electron chi connectivity index (χ0n) is 12.2. The van der Waals surface area contributed by atoms with E-state index in [9.17, 15) is 0 Å². The molecular formula is C14H25BrN4. The lowest BCUT2D eigenvalue weighted by atomic mass is 10.2. The number of halogens is 1. The molecule has 1 unspecified atom stereocenters. The molecule has 0 radical (unpaired) electrons. The summed E-state index contributed by atoms with van der Waals surface area (Å²) in [7, 11) is 0. The second-order valence-electron chi connectivity index (χ2n) is 5.23. The van der Waals surface area contributed by atoms with Gasteiger partial charge in [0.25, 0.3) is 0 Å². The molecule has 1 N–H and O–H groups in total. The van der Waals surface area contributed by atoms with Crippen molar-refractivity contribution in [3.05, 3.63) is 15.9 Å². The average Bonchev–Trinajstić information content (AvgIpc) is 2.57. The summed E-state index contributed by atoms with van der Waals surface area (Å²) in [5, 5.41) is 8.17. The fourth-order valence-corrected chi connectivity index (χ4v) is 3.35. The number of nitrogens with zero attached hydrogens (tertiary/aromatic N) is 3. The van der Waals surface area contributed by atoms with Gasteiger partial charge in [-0.05, 0) is 49.2 Å². The first-order valence-corrected chi connectivity index (χ1v) is 8.15. The van der Waals surface area contributed by atoms with E-state index in [0.717, 1.165) is 39.1 Å². The maximum Gasteiger partial charge on any atom is 0.0767 e. The third-order valence-corrected chi connectivity index (χ3v) is 4.90. The molecule has 108 valence electrons. The van der Waals surface area contributed by atoms with Gasteiger partial charge in [0, 0.05) is 32.2 Å². The summed E-state index contributed by atoms with van der Waals surface area (Å²) >= 11 is 3.74. The van der Waals surface area contributed by atoms with Gasteiger partial charge in [-0.2, -0.15) is 5.10 Å². The van der Waals surface area contributed by atoms with E-state index in [4.69, 9.17) is 0 Å². The summed E-state index contributed by atoms with van der Waals surface area (Å²) in [6, 6.07) is 0.632. The molecule has 1 aliphatic rings. The molecule has 5 heteroatoms. The highest BCUT2D eigenvalue weighted by atomic mass is 79.9. The van der Waals surface area contributed by atoms with Gasteiger partial charge in [-0.3, -0.25) is 9.58 Å². The third-order valence-electron chi connectivity index (χ3n) is 3.99. The zero-order chi connectivity index (χ0) is 13.8. The van der Waals surface area contributed by atoms with Crippen LogP contribution in [0.2, 0.25) is 0 Å². The predicted octanol–water partition coefficient (Wildman–Crippen LogP) is 2.41. The molecule has 0 aromatic carbocycles. The molecule has 1 aromatic heterocycles. The summed E-state index contributed by atoms with van der Waals surface area (Å²) in [6.45, 7) is 11.9. The first kappa shape index (κ1) is 15.0. The van der Waals surface area contributed by atoms with Crippen LogP contribution in [0.5, 0.6) is 0 Å². The van der Waals surface area contributed by atoms with Gasteiger partial charge in [-0.1, -0.05) is 6.92 Å². The van der Waals surface area contributed by atoms with Crippen molar-refractivity contribution in [3.63, 3.8) is 0 Å². The van der Waals surface area contributed by atoms with Crippen molar-refractivity contribution in [2.75, 3.05) is 19.6 Å². The fraction of sp³-hybridized carbons (Fsp3) is 0.786. The van der Waals surface area contributed by atoms with E-state index in [0.29, 0.717) is 6.04 Å². The lowest BCUT2D eigenvalue weighted by Crippen LogP contribution is -2.34. The molecule has 1 aliphatic heterocycles. The molecule has 2 rings (SSSR count). The number of nitrogens with one attached hydrogen (secondary N) is 1. The molecule has 19 heavy (non-hydrogen) atoms. The quantitative estimate of drug-likeness (QED) is 0.921. The Kier molecular flexibility index (Phi) is 5.42. The van der Waals surface area contributed by atoms with Gasteiger partial charge in [0.1, 0.15) is 0 Å². The highest BCUT2D eigenvalue weighted by Gasteiger charge is 2.21.